The smallest absolute Gasteiger partial charge is 0.147 e. The van der Waals surface area contributed by atoms with Gasteiger partial charge in [-0.1, -0.05) is 48.5 Å². The molecule has 11 aromatic rings. The van der Waals surface area contributed by atoms with Crippen molar-refractivity contribution in [2.75, 3.05) is 9.80 Å². The highest BCUT2D eigenvalue weighted by Gasteiger charge is 2.25. The van der Waals surface area contributed by atoms with E-state index < -0.39 is 0 Å². The molecular formula is C54H28N6O2. The van der Waals surface area contributed by atoms with E-state index in [0.29, 0.717) is 44.6 Å². The van der Waals surface area contributed by atoms with Crippen LogP contribution in [0.1, 0.15) is 22.3 Å². The Balaban J connectivity index is 1.18. The molecule has 0 radical (unpaired) electrons. The van der Waals surface area contributed by atoms with Crippen molar-refractivity contribution < 1.29 is 8.83 Å². The SMILES string of the molecule is N#Cc1ccc(N(c2ccc(C#N)cc2)c2cc3oc4c(ccc5oc6cc(N(c7ccc(C#N)cc7)c7ccc(C#N)cc7)c7ccccc7c6c54)c3c3ccccc23)cc1. The highest BCUT2D eigenvalue weighted by molar-refractivity contribution is 6.32. The molecule has 0 bridgehead atoms. The van der Waals surface area contributed by atoms with Crippen LogP contribution in [0, 0.1) is 45.3 Å². The van der Waals surface area contributed by atoms with Gasteiger partial charge in [-0.15, -0.1) is 0 Å². The summed E-state index contributed by atoms with van der Waals surface area (Å²) >= 11 is 0. The molecule has 0 saturated heterocycles. The van der Waals surface area contributed by atoms with Gasteiger partial charge in [-0.05, 0) is 120 Å². The lowest BCUT2D eigenvalue weighted by Crippen LogP contribution is -2.10. The summed E-state index contributed by atoms with van der Waals surface area (Å²) in [5, 5.41) is 46.0. The lowest BCUT2D eigenvalue weighted by Gasteiger charge is -2.27. The van der Waals surface area contributed by atoms with E-state index in [1.54, 1.807) is 48.5 Å². The van der Waals surface area contributed by atoms with Crippen molar-refractivity contribution in [3.05, 3.63) is 192 Å². The summed E-state index contributed by atoms with van der Waals surface area (Å²) in [5.41, 5.74) is 10.1. The van der Waals surface area contributed by atoms with Crippen molar-refractivity contribution in [2.24, 2.45) is 0 Å². The zero-order chi connectivity index (χ0) is 41.9. The second kappa shape index (κ2) is 14.2. The molecule has 0 fully saturated rings. The lowest BCUT2D eigenvalue weighted by atomic mass is 9.98. The molecular weight excluding hydrogens is 765 g/mol. The average Bonchev–Trinajstić information content (AvgIpc) is 3.91. The maximum atomic E-state index is 9.60. The fourth-order valence-electron chi connectivity index (χ4n) is 8.74. The minimum atomic E-state index is 0.553. The fourth-order valence-corrected chi connectivity index (χ4v) is 8.74. The lowest BCUT2D eigenvalue weighted by molar-refractivity contribution is 0.663. The van der Waals surface area contributed by atoms with Crippen LogP contribution >= 0.6 is 0 Å². The topological polar surface area (TPSA) is 128 Å². The molecule has 0 aliphatic rings. The van der Waals surface area contributed by atoms with E-state index in [0.717, 1.165) is 77.2 Å². The molecule has 62 heavy (non-hydrogen) atoms. The molecule has 0 aliphatic carbocycles. The molecule has 286 valence electrons. The number of anilines is 6. The molecule has 9 aromatic carbocycles. The summed E-state index contributed by atoms with van der Waals surface area (Å²) in [6.45, 7) is 0. The molecule has 2 heterocycles. The van der Waals surface area contributed by atoms with E-state index >= 15 is 0 Å². The first-order valence-corrected chi connectivity index (χ1v) is 19.8. The molecule has 0 spiro atoms. The van der Waals surface area contributed by atoms with Gasteiger partial charge in [0.2, 0.25) is 0 Å². The Kier molecular flexibility index (Phi) is 8.19. The molecule has 8 nitrogen and oxygen atoms in total. The van der Waals surface area contributed by atoms with Crippen molar-refractivity contribution in [2.45, 2.75) is 0 Å². The van der Waals surface area contributed by atoms with Crippen LogP contribution in [0.5, 0.6) is 0 Å². The summed E-state index contributed by atoms with van der Waals surface area (Å²) < 4.78 is 13.8. The Morgan fingerprint density at radius 3 is 1.10 bits per heavy atom. The Morgan fingerprint density at radius 2 is 0.694 bits per heavy atom. The normalized spacial score (nSPS) is 11.2. The average molecular weight is 793 g/mol. The van der Waals surface area contributed by atoms with Gasteiger partial charge in [0.15, 0.2) is 0 Å². The van der Waals surface area contributed by atoms with E-state index in [9.17, 15) is 21.0 Å². The molecule has 11 rings (SSSR count). The fraction of sp³-hybridized carbons (Fsp3) is 0. The molecule has 0 atom stereocenters. The summed E-state index contributed by atoms with van der Waals surface area (Å²) in [4.78, 5) is 4.25. The van der Waals surface area contributed by atoms with Gasteiger partial charge in [-0.25, -0.2) is 0 Å². The second-order valence-corrected chi connectivity index (χ2v) is 15.0. The van der Waals surface area contributed by atoms with Gasteiger partial charge in [0.25, 0.3) is 0 Å². The van der Waals surface area contributed by atoms with Crippen molar-refractivity contribution >= 4 is 99.5 Å². The van der Waals surface area contributed by atoms with Crippen LogP contribution in [-0.2, 0) is 0 Å². The van der Waals surface area contributed by atoms with Gasteiger partial charge in [-0.2, -0.15) is 21.0 Å². The van der Waals surface area contributed by atoms with Crippen LogP contribution in [0.4, 0.5) is 34.1 Å². The molecule has 8 heteroatoms. The van der Waals surface area contributed by atoms with E-state index in [-0.39, 0.29) is 0 Å². The molecule has 0 saturated carbocycles. The second-order valence-electron chi connectivity index (χ2n) is 15.0. The van der Waals surface area contributed by atoms with Crippen LogP contribution in [-0.4, -0.2) is 0 Å². The Hall–Kier alpha value is -9.34. The van der Waals surface area contributed by atoms with Crippen LogP contribution in [0.2, 0.25) is 0 Å². The minimum Gasteiger partial charge on any atom is -0.456 e. The standard InChI is InChI=1S/C54H28N6O2/c55-29-33-9-17-37(18-10-33)59(38-19-11-34(30-56)12-20-38)46-27-49-51(43-7-3-1-5-41(43)46)45-25-26-48-53(54(45)62-49)52-44-8-4-2-6-42(44)47(28-50(52)61-48)60(39-21-13-35(31-57)14-22-39)40-23-15-36(32-58)16-24-40/h1-28H. The Morgan fingerprint density at radius 1 is 0.323 bits per heavy atom. The monoisotopic (exact) mass is 792 g/mol. The quantitative estimate of drug-likeness (QED) is 0.163. The summed E-state index contributed by atoms with van der Waals surface area (Å²) in [7, 11) is 0. The maximum Gasteiger partial charge on any atom is 0.147 e. The summed E-state index contributed by atoms with van der Waals surface area (Å²) in [5.74, 6) is 0. The van der Waals surface area contributed by atoms with Gasteiger partial charge in [-0.3, -0.25) is 0 Å². The van der Waals surface area contributed by atoms with Crippen molar-refractivity contribution in [3.8, 4) is 24.3 Å². The van der Waals surface area contributed by atoms with Gasteiger partial charge < -0.3 is 18.6 Å². The molecule has 2 aromatic heterocycles. The molecule has 0 unspecified atom stereocenters. The number of nitriles is 4. The van der Waals surface area contributed by atoms with Crippen LogP contribution in [0.3, 0.4) is 0 Å². The number of nitrogens with zero attached hydrogens (tertiary/aromatic N) is 6. The first-order chi connectivity index (χ1) is 30.5. The first kappa shape index (κ1) is 35.8. The summed E-state index contributed by atoms with van der Waals surface area (Å²) in [6.07, 6.45) is 0. The van der Waals surface area contributed by atoms with E-state index in [4.69, 9.17) is 8.83 Å². The molecule has 0 N–H and O–H groups in total. The van der Waals surface area contributed by atoms with Crippen molar-refractivity contribution in [1.29, 1.82) is 21.0 Å². The van der Waals surface area contributed by atoms with Crippen molar-refractivity contribution in [1.82, 2.24) is 0 Å². The van der Waals surface area contributed by atoms with E-state index in [1.165, 1.54) is 0 Å². The number of hydrogen-bond acceptors (Lipinski definition) is 8. The highest BCUT2D eigenvalue weighted by Crippen LogP contribution is 2.49. The number of furan rings is 2. The van der Waals surface area contributed by atoms with Gasteiger partial charge >= 0.3 is 0 Å². The number of fused-ring (bicyclic) bond motifs is 11. The zero-order valence-corrected chi connectivity index (χ0v) is 32.7. The first-order valence-electron chi connectivity index (χ1n) is 19.8. The zero-order valence-electron chi connectivity index (χ0n) is 32.7. The van der Waals surface area contributed by atoms with E-state index in [1.807, 2.05) is 78.9 Å². The largest absolute Gasteiger partial charge is 0.456 e. The van der Waals surface area contributed by atoms with Crippen molar-refractivity contribution in [3.63, 3.8) is 0 Å². The number of hydrogen-bond donors (Lipinski definition) is 0. The third-order valence-electron chi connectivity index (χ3n) is 11.5. The van der Waals surface area contributed by atoms with Crippen LogP contribution < -0.4 is 9.80 Å². The predicted octanol–water partition coefficient (Wildman–Crippen LogP) is 14.2. The molecule has 0 aliphatic heterocycles. The predicted molar refractivity (Wildman–Crippen MR) is 244 cm³/mol. The third-order valence-corrected chi connectivity index (χ3v) is 11.5. The van der Waals surface area contributed by atoms with Crippen LogP contribution in [0.15, 0.2) is 179 Å². The van der Waals surface area contributed by atoms with Crippen LogP contribution in [0.25, 0.3) is 65.4 Å². The van der Waals surface area contributed by atoms with Gasteiger partial charge in [0, 0.05) is 61.8 Å². The Labute approximate surface area is 354 Å². The number of benzene rings is 9. The van der Waals surface area contributed by atoms with Gasteiger partial charge in [0.1, 0.15) is 22.3 Å². The van der Waals surface area contributed by atoms with E-state index in [2.05, 4.69) is 76.5 Å². The Bertz CT molecular complexity index is 3670. The summed E-state index contributed by atoms with van der Waals surface area (Å²) in [6, 6.07) is 63.5. The minimum absolute atomic E-state index is 0.553. The maximum absolute atomic E-state index is 9.60. The highest BCUT2D eigenvalue weighted by atomic mass is 16.3. The molecule has 0 amide bonds. The third kappa shape index (κ3) is 5.58. The van der Waals surface area contributed by atoms with Gasteiger partial charge in [0.05, 0.1) is 63.3 Å². The number of rotatable bonds is 6.